The highest BCUT2D eigenvalue weighted by molar-refractivity contribution is 6.34. The molecule has 1 aliphatic heterocycles. The van der Waals surface area contributed by atoms with E-state index in [1.165, 1.54) is 24.1 Å². The highest BCUT2D eigenvalue weighted by atomic mass is 35.5. The molecular weight excluding hydrogens is 736 g/mol. The maximum atomic E-state index is 14.1. The summed E-state index contributed by atoms with van der Waals surface area (Å²) in [5.74, 6) is -1.29. The van der Waals surface area contributed by atoms with Gasteiger partial charge in [-0.05, 0) is 74.2 Å². The Hall–Kier alpha value is -4.98. The fourth-order valence-corrected chi connectivity index (χ4v) is 6.81. The first kappa shape index (κ1) is 43.7. The minimum absolute atomic E-state index is 0.0518. The molecule has 302 valence electrons. The molecule has 0 aromatic heterocycles. The summed E-state index contributed by atoms with van der Waals surface area (Å²) in [5, 5.41) is 8.40. The van der Waals surface area contributed by atoms with Crippen LogP contribution in [-0.4, -0.2) is 86.3 Å². The van der Waals surface area contributed by atoms with Crippen LogP contribution in [0.5, 0.6) is 11.5 Å². The molecule has 0 saturated carbocycles. The highest BCUT2D eigenvalue weighted by Crippen LogP contribution is 2.40. The molecule has 0 fully saturated rings. The van der Waals surface area contributed by atoms with E-state index in [1.807, 2.05) is 25.1 Å². The van der Waals surface area contributed by atoms with Crippen molar-refractivity contribution >= 4 is 41.0 Å². The van der Waals surface area contributed by atoms with E-state index in [4.69, 9.17) is 32.5 Å². The molecule has 14 heteroatoms. The van der Waals surface area contributed by atoms with Crippen molar-refractivity contribution in [2.75, 3.05) is 39.9 Å². The number of halogens is 1. The summed E-state index contributed by atoms with van der Waals surface area (Å²) in [6.07, 6.45) is 5.97. The first-order valence-electron chi connectivity index (χ1n) is 19.3. The third-order valence-corrected chi connectivity index (χ3v) is 9.87. The van der Waals surface area contributed by atoms with Crippen LogP contribution in [0.25, 0.3) is 11.1 Å². The van der Waals surface area contributed by atoms with E-state index in [0.717, 1.165) is 37.7 Å². The summed E-state index contributed by atoms with van der Waals surface area (Å²) in [6, 6.07) is 12.8. The van der Waals surface area contributed by atoms with Gasteiger partial charge in [0.1, 0.15) is 36.8 Å². The number of fused-ring (bicyclic) bond motifs is 5. The van der Waals surface area contributed by atoms with Crippen LogP contribution >= 0.6 is 11.6 Å². The second kappa shape index (κ2) is 21.4. The van der Waals surface area contributed by atoms with Crippen molar-refractivity contribution in [2.45, 2.75) is 83.8 Å². The Morgan fingerprint density at radius 1 is 0.857 bits per heavy atom. The summed E-state index contributed by atoms with van der Waals surface area (Å²) in [6.45, 7) is 6.09. The fraction of sp³-hybridized carbons (Fsp3) is 0.452. The van der Waals surface area contributed by atoms with Crippen LogP contribution in [0.3, 0.4) is 0 Å². The Morgan fingerprint density at radius 2 is 1.52 bits per heavy atom. The molecule has 3 aromatic carbocycles. The van der Waals surface area contributed by atoms with E-state index in [2.05, 4.69) is 22.9 Å². The van der Waals surface area contributed by atoms with E-state index < -0.39 is 42.3 Å². The Labute approximate surface area is 334 Å². The summed E-state index contributed by atoms with van der Waals surface area (Å²) in [5.41, 5.74) is 14.6. The lowest BCUT2D eigenvalue weighted by molar-refractivity contribution is -0.139. The van der Waals surface area contributed by atoms with Gasteiger partial charge in [-0.2, -0.15) is 0 Å². The lowest BCUT2D eigenvalue weighted by Gasteiger charge is -2.30. The van der Waals surface area contributed by atoms with E-state index in [1.54, 1.807) is 31.2 Å². The lowest BCUT2D eigenvalue weighted by atomic mass is 9.94. The van der Waals surface area contributed by atoms with Crippen molar-refractivity contribution in [1.29, 1.82) is 0 Å². The Bertz CT molecular complexity index is 1870. The molecule has 1 aliphatic rings. The van der Waals surface area contributed by atoms with Gasteiger partial charge in [0, 0.05) is 49.3 Å². The number of benzene rings is 3. The number of unbranched alkanes of at least 4 members (excludes halogenated alkanes) is 4. The SMILES string of the molecule is CCCCCCCC(=O)c1ccc(C(=O)NCC(=O)N(C)C2C(=O)N[C@@H](C)C(=O)NC(C)Cc3ccc(OCCN)c(c3)-c3cc2ccc3OCCN)c(Cl)c1. The second-order valence-corrected chi connectivity index (χ2v) is 14.5. The third kappa shape index (κ3) is 11.8. The Balaban J connectivity index is 1.64. The largest absolute Gasteiger partial charge is 0.492 e. The van der Waals surface area contributed by atoms with Crippen LogP contribution in [0.4, 0.5) is 0 Å². The third-order valence-electron chi connectivity index (χ3n) is 9.56. The van der Waals surface area contributed by atoms with Crippen LogP contribution in [0, 0.1) is 0 Å². The molecule has 0 spiro atoms. The van der Waals surface area contributed by atoms with Crippen LogP contribution in [0.1, 0.15) is 97.2 Å². The van der Waals surface area contributed by atoms with Crippen molar-refractivity contribution in [1.82, 2.24) is 20.9 Å². The first-order valence-corrected chi connectivity index (χ1v) is 19.7. The molecule has 0 aliphatic carbocycles. The normalized spacial score (nSPS) is 16.9. The van der Waals surface area contributed by atoms with Gasteiger partial charge in [0.25, 0.3) is 5.91 Å². The van der Waals surface area contributed by atoms with Crippen LogP contribution in [0.15, 0.2) is 54.6 Å². The minimum Gasteiger partial charge on any atom is -0.492 e. The number of ketones is 1. The number of nitrogens with zero attached hydrogens (tertiary/aromatic N) is 1. The quantitative estimate of drug-likeness (QED) is 0.0950. The van der Waals surface area contributed by atoms with Gasteiger partial charge >= 0.3 is 0 Å². The molecule has 0 radical (unpaired) electrons. The molecule has 1 heterocycles. The number of carbonyl (C=O) groups is 5. The zero-order chi connectivity index (χ0) is 40.8. The number of likely N-dealkylation sites (N-methyl/N-ethyl adjacent to an activating group) is 1. The van der Waals surface area contributed by atoms with Crippen molar-refractivity contribution in [2.24, 2.45) is 11.5 Å². The van der Waals surface area contributed by atoms with E-state index in [9.17, 15) is 24.0 Å². The average Bonchev–Trinajstić information content (AvgIpc) is 3.18. The monoisotopic (exact) mass is 790 g/mol. The van der Waals surface area contributed by atoms with Crippen LogP contribution in [0.2, 0.25) is 5.02 Å². The summed E-state index contributed by atoms with van der Waals surface area (Å²) >= 11 is 6.45. The summed E-state index contributed by atoms with van der Waals surface area (Å²) in [4.78, 5) is 68.3. The molecular formula is C42H55ClN6O7. The number of hydrogen-bond acceptors (Lipinski definition) is 9. The topological polar surface area (TPSA) is 195 Å². The van der Waals surface area contributed by atoms with Gasteiger partial charge in [0.2, 0.25) is 17.7 Å². The van der Waals surface area contributed by atoms with Crippen molar-refractivity contribution in [3.05, 3.63) is 81.9 Å². The highest BCUT2D eigenvalue weighted by Gasteiger charge is 2.32. The molecule has 3 aromatic rings. The number of Topliss-reactive ketones (excluding diaryl/α,β-unsaturated/α-hetero) is 1. The predicted molar refractivity (Wildman–Crippen MR) is 217 cm³/mol. The van der Waals surface area contributed by atoms with Gasteiger partial charge < -0.3 is 41.8 Å². The summed E-state index contributed by atoms with van der Waals surface area (Å²) in [7, 11) is 1.44. The van der Waals surface area contributed by atoms with Gasteiger partial charge in [-0.3, -0.25) is 24.0 Å². The van der Waals surface area contributed by atoms with Gasteiger partial charge in [0.05, 0.1) is 17.1 Å². The van der Waals surface area contributed by atoms with Crippen molar-refractivity contribution in [3.8, 4) is 22.6 Å². The summed E-state index contributed by atoms with van der Waals surface area (Å²) < 4.78 is 12.1. The van der Waals surface area contributed by atoms with Gasteiger partial charge in [-0.1, -0.05) is 62.4 Å². The molecule has 0 saturated heterocycles. The maximum Gasteiger partial charge on any atom is 0.253 e. The molecule has 7 N–H and O–H groups in total. The molecule has 4 rings (SSSR count). The van der Waals surface area contributed by atoms with E-state index in [-0.39, 0.29) is 48.7 Å². The van der Waals surface area contributed by atoms with Gasteiger partial charge in [-0.15, -0.1) is 0 Å². The minimum atomic E-state index is -1.25. The molecule has 4 amide bonds. The number of rotatable bonds is 17. The van der Waals surface area contributed by atoms with Crippen LogP contribution < -0.4 is 36.9 Å². The van der Waals surface area contributed by atoms with Crippen LogP contribution in [-0.2, 0) is 20.8 Å². The number of carbonyl (C=O) groups excluding carboxylic acids is 5. The predicted octanol–water partition coefficient (Wildman–Crippen LogP) is 4.72. The lowest BCUT2D eigenvalue weighted by Crippen LogP contribution is -2.52. The zero-order valence-electron chi connectivity index (χ0n) is 32.8. The maximum absolute atomic E-state index is 14.1. The molecule has 56 heavy (non-hydrogen) atoms. The zero-order valence-corrected chi connectivity index (χ0v) is 33.5. The van der Waals surface area contributed by atoms with Gasteiger partial charge in [-0.25, -0.2) is 0 Å². The fourth-order valence-electron chi connectivity index (χ4n) is 6.54. The molecule has 13 nitrogen and oxygen atoms in total. The van der Waals surface area contributed by atoms with Crippen molar-refractivity contribution < 1.29 is 33.4 Å². The standard InChI is InChI=1S/C42H55ClN6O7/c1-5-6-7-8-9-10-35(50)29-12-14-31(34(43)24-29)41(53)46-25-38(51)49(4)39-30-13-16-37(56-20-18-45)33(23-30)32-22-28(11-15-36(32)55-19-17-44)21-26(2)47-40(52)27(3)48-42(39)54/h11-16,22-24,26-27,39H,5-10,17-21,25,44-45H2,1-4H3,(H,46,53)(H,47,52)(H,48,54)/t26?,27-,39?/m0/s1. The molecule has 4 bridgehead atoms. The number of nitrogens with one attached hydrogen (secondary N) is 3. The number of hydrogen-bond donors (Lipinski definition) is 5. The van der Waals surface area contributed by atoms with Crippen molar-refractivity contribution in [3.63, 3.8) is 0 Å². The molecule has 3 atom stereocenters. The Kier molecular flexibility index (Phi) is 16.7. The number of nitrogens with two attached hydrogens (primary N) is 2. The number of amides is 4. The smallest absolute Gasteiger partial charge is 0.253 e. The molecule has 2 unspecified atom stereocenters. The van der Waals surface area contributed by atoms with Gasteiger partial charge in [0.15, 0.2) is 5.78 Å². The average molecular weight is 791 g/mol. The Morgan fingerprint density at radius 3 is 2.18 bits per heavy atom. The van der Waals surface area contributed by atoms with E-state index >= 15 is 0 Å². The van der Waals surface area contributed by atoms with E-state index in [0.29, 0.717) is 46.6 Å². The number of ether oxygens (including phenoxy) is 2. The first-order chi connectivity index (χ1) is 26.9. The second-order valence-electron chi connectivity index (χ2n) is 14.1.